The molecule has 3 rings (SSSR count). The van der Waals surface area contributed by atoms with Crippen LogP contribution in [-0.2, 0) is 6.54 Å². The van der Waals surface area contributed by atoms with E-state index < -0.39 is 0 Å². The van der Waals surface area contributed by atoms with E-state index in [1.165, 1.54) is 30.6 Å². The van der Waals surface area contributed by atoms with Crippen LogP contribution in [0.1, 0.15) is 25.8 Å². The predicted octanol–water partition coefficient (Wildman–Crippen LogP) is 2.66. The molecule has 20 heavy (non-hydrogen) atoms. The van der Waals surface area contributed by atoms with Crippen molar-refractivity contribution in [2.75, 3.05) is 18.8 Å². The highest BCUT2D eigenvalue weighted by molar-refractivity contribution is 5.81. The fraction of sp³-hybridized carbons (Fsp3) is 0.562. The van der Waals surface area contributed by atoms with Gasteiger partial charge < -0.3 is 15.2 Å². The highest BCUT2D eigenvalue weighted by Gasteiger charge is 2.25. The van der Waals surface area contributed by atoms with Crippen LogP contribution >= 0.6 is 0 Å². The van der Waals surface area contributed by atoms with Crippen molar-refractivity contribution in [2.45, 2.75) is 39.8 Å². The van der Waals surface area contributed by atoms with Gasteiger partial charge in [0.2, 0.25) is 5.95 Å². The number of likely N-dealkylation sites (tertiary alicyclic amines) is 1. The third-order valence-corrected chi connectivity index (χ3v) is 4.49. The molecule has 1 unspecified atom stereocenters. The van der Waals surface area contributed by atoms with Crippen LogP contribution < -0.4 is 5.73 Å². The molecule has 4 nitrogen and oxygen atoms in total. The predicted molar refractivity (Wildman–Crippen MR) is 83.7 cm³/mol. The van der Waals surface area contributed by atoms with E-state index >= 15 is 0 Å². The van der Waals surface area contributed by atoms with Gasteiger partial charge in [0.05, 0.1) is 11.0 Å². The lowest BCUT2D eigenvalue weighted by atomic mass is 10.1. The van der Waals surface area contributed by atoms with E-state index in [0.717, 1.165) is 12.1 Å². The number of hydrogen-bond acceptors (Lipinski definition) is 3. The number of nitrogen functional groups attached to an aromatic ring is 1. The third kappa shape index (κ3) is 2.29. The summed E-state index contributed by atoms with van der Waals surface area (Å²) < 4.78 is 2.21. The van der Waals surface area contributed by atoms with Gasteiger partial charge in [0.1, 0.15) is 0 Å². The Balaban J connectivity index is 1.87. The van der Waals surface area contributed by atoms with Crippen LogP contribution in [0.3, 0.4) is 0 Å². The molecule has 0 saturated carbocycles. The van der Waals surface area contributed by atoms with Gasteiger partial charge in [0.25, 0.3) is 0 Å². The van der Waals surface area contributed by atoms with Crippen molar-refractivity contribution in [1.29, 1.82) is 0 Å². The first kappa shape index (κ1) is 13.4. The first-order valence-electron chi connectivity index (χ1n) is 7.51. The van der Waals surface area contributed by atoms with E-state index in [1.54, 1.807) is 0 Å². The number of anilines is 1. The summed E-state index contributed by atoms with van der Waals surface area (Å²) in [6, 6.07) is 6.86. The van der Waals surface area contributed by atoms with Crippen LogP contribution in [0.25, 0.3) is 11.0 Å². The largest absolute Gasteiger partial charge is 0.369 e. The van der Waals surface area contributed by atoms with Gasteiger partial charge in [0, 0.05) is 19.1 Å². The fourth-order valence-corrected chi connectivity index (χ4v) is 3.31. The van der Waals surface area contributed by atoms with Crippen molar-refractivity contribution < 1.29 is 0 Å². The van der Waals surface area contributed by atoms with Gasteiger partial charge in [0.15, 0.2) is 0 Å². The quantitative estimate of drug-likeness (QED) is 0.934. The molecule has 1 fully saturated rings. The molecule has 1 aliphatic heterocycles. The minimum Gasteiger partial charge on any atom is -0.369 e. The van der Waals surface area contributed by atoms with Crippen LogP contribution in [0.5, 0.6) is 0 Å². The van der Waals surface area contributed by atoms with Gasteiger partial charge in [-0.2, -0.15) is 0 Å². The minimum atomic E-state index is 0.638. The van der Waals surface area contributed by atoms with E-state index in [-0.39, 0.29) is 0 Å². The molecule has 0 bridgehead atoms. The monoisotopic (exact) mass is 272 g/mol. The molecule has 0 radical (unpaired) electrons. The Morgan fingerprint density at radius 3 is 2.90 bits per heavy atom. The maximum absolute atomic E-state index is 6.13. The highest BCUT2D eigenvalue weighted by atomic mass is 15.2. The number of nitrogens with two attached hydrogens (primary N) is 1. The normalized spacial score (nSPS) is 20.3. The number of para-hydroxylation sites is 1. The van der Waals surface area contributed by atoms with E-state index in [4.69, 9.17) is 5.73 Å². The number of imidazole rings is 1. The molecular formula is C16H24N4. The third-order valence-electron chi connectivity index (χ3n) is 4.49. The molecule has 0 aliphatic carbocycles. The highest BCUT2D eigenvalue weighted by Crippen LogP contribution is 2.26. The van der Waals surface area contributed by atoms with Crippen molar-refractivity contribution in [3.8, 4) is 0 Å². The lowest BCUT2D eigenvalue weighted by Gasteiger charge is -2.20. The number of benzene rings is 1. The van der Waals surface area contributed by atoms with Crippen LogP contribution in [0.15, 0.2) is 18.2 Å². The zero-order valence-corrected chi connectivity index (χ0v) is 12.6. The molecular weight excluding hydrogens is 248 g/mol. The number of fused-ring (bicyclic) bond motifs is 1. The maximum atomic E-state index is 6.13. The summed E-state index contributed by atoms with van der Waals surface area (Å²) >= 11 is 0. The van der Waals surface area contributed by atoms with Crippen molar-refractivity contribution in [3.05, 3.63) is 23.8 Å². The summed E-state index contributed by atoms with van der Waals surface area (Å²) in [6.45, 7) is 10.0. The van der Waals surface area contributed by atoms with Gasteiger partial charge in [-0.25, -0.2) is 4.98 Å². The topological polar surface area (TPSA) is 47.1 Å². The first-order valence-corrected chi connectivity index (χ1v) is 7.51. The summed E-state index contributed by atoms with van der Waals surface area (Å²) in [5.74, 6) is 1.33. The van der Waals surface area contributed by atoms with E-state index in [2.05, 4.69) is 41.3 Å². The van der Waals surface area contributed by atoms with Crippen molar-refractivity contribution in [3.63, 3.8) is 0 Å². The molecule has 1 atom stereocenters. The first-order chi connectivity index (χ1) is 9.56. The number of aromatic nitrogens is 2. The van der Waals surface area contributed by atoms with Crippen LogP contribution in [0.4, 0.5) is 5.95 Å². The molecule has 1 aromatic carbocycles. The Hall–Kier alpha value is -1.55. The SMILES string of the molecule is Cc1cccc2nc(N)n(CC3CCN(C(C)C)C3)c12. The second-order valence-corrected chi connectivity index (χ2v) is 6.27. The smallest absolute Gasteiger partial charge is 0.201 e. The standard InChI is InChI=1S/C16H24N4/c1-11(2)19-8-7-13(9-19)10-20-15-12(3)5-4-6-14(15)18-16(20)17/h4-6,11,13H,7-10H2,1-3H3,(H2,17,18). The van der Waals surface area contributed by atoms with Crippen LogP contribution in [0.2, 0.25) is 0 Å². The van der Waals surface area contributed by atoms with Gasteiger partial charge in [-0.15, -0.1) is 0 Å². The van der Waals surface area contributed by atoms with Gasteiger partial charge in [-0.3, -0.25) is 0 Å². The van der Waals surface area contributed by atoms with Gasteiger partial charge in [-0.05, 0) is 51.3 Å². The summed E-state index contributed by atoms with van der Waals surface area (Å²) in [7, 11) is 0. The van der Waals surface area contributed by atoms with Crippen LogP contribution in [-0.4, -0.2) is 33.6 Å². The molecule has 2 aromatic rings. The second kappa shape index (κ2) is 5.09. The lowest BCUT2D eigenvalue weighted by Crippen LogP contribution is -2.28. The molecule has 1 aliphatic rings. The van der Waals surface area contributed by atoms with E-state index in [9.17, 15) is 0 Å². The average molecular weight is 272 g/mol. The lowest BCUT2D eigenvalue weighted by molar-refractivity contribution is 0.261. The molecule has 2 N–H and O–H groups in total. The number of aryl methyl sites for hydroxylation is 1. The Labute approximate surface area is 120 Å². The number of hydrogen-bond donors (Lipinski definition) is 1. The summed E-state index contributed by atoms with van der Waals surface area (Å²) in [4.78, 5) is 7.05. The molecule has 2 heterocycles. The van der Waals surface area contributed by atoms with Crippen molar-refractivity contribution >= 4 is 17.0 Å². The summed E-state index contributed by atoms with van der Waals surface area (Å²) in [5.41, 5.74) is 9.60. The zero-order valence-electron chi connectivity index (χ0n) is 12.6. The molecule has 0 spiro atoms. The Kier molecular flexibility index (Phi) is 3.42. The van der Waals surface area contributed by atoms with E-state index in [1.807, 2.05) is 12.1 Å². The second-order valence-electron chi connectivity index (χ2n) is 6.27. The Morgan fingerprint density at radius 1 is 1.40 bits per heavy atom. The minimum absolute atomic E-state index is 0.638. The van der Waals surface area contributed by atoms with E-state index in [0.29, 0.717) is 17.9 Å². The molecule has 108 valence electrons. The van der Waals surface area contributed by atoms with Crippen LogP contribution in [0, 0.1) is 12.8 Å². The maximum Gasteiger partial charge on any atom is 0.201 e. The molecule has 0 amide bonds. The van der Waals surface area contributed by atoms with Crippen molar-refractivity contribution in [2.24, 2.45) is 5.92 Å². The molecule has 1 saturated heterocycles. The number of rotatable bonds is 3. The molecule has 4 heteroatoms. The molecule has 1 aromatic heterocycles. The average Bonchev–Trinajstić information content (AvgIpc) is 2.97. The Morgan fingerprint density at radius 2 is 2.20 bits per heavy atom. The fourth-order valence-electron chi connectivity index (χ4n) is 3.31. The number of nitrogens with zero attached hydrogens (tertiary/aromatic N) is 3. The summed E-state index contributed by atoms with van der Waals surface area (Å²) in [5, 5.41) is 0. The Bertz CT molecular complexity index is 614. The van der Waals surface area contributed by atoms with Gasteiger partial charge in [-0.1, -0.05) is 12.1 Å². The zero-order chi connectivity index (χ0) is 14.3. The van der Waals surface area contributed by atoms with Gasteiger partial charge >= 0.3 is 0 Å². The van der Waals surface area contributed by atoms with Crippen molar-refractivity contribution in [1.82, 2.24) is 14.5 Å². The summed E-state index contributed by atoms with van der Waals surface area (Å²) in [6.07, 6.45) is 1.25.